The molecular formula is C14H19N3O2. The quantitative estimate of drug-likeness (QED) is 0.822. The van der Waals surface area contributed by atoms with E-state index in [0.717, 1.165) is 31.4 Å². The minimum atomic E-state index is 0.640. The zero-order valence-corrected chi connectivity index (χ0v) is 11.1. The summed E-state index contributed by atoms with van der Waals surface area (Å²) in [6.45, 7) is 0.640. The van der Waals surface area contributed by atoms with Gasteiger partial charge in [0.25, 0.3) is 0 Å². The van der Waals surface area contributed by atoms with Crippen molar-refractivity contribution in [2.45, 2.75) is 25.7 Å². The van der Waals surface area contributed by atoms with E-state index < -0.39 is 0 Å². The SMILES string of the molecule is COc1cccc(CCc2nnc(CCCN)o2)c1. The Morgan fingerprint density at radius 2 is 1.95 bits per heavy atom. The molecule has 1 heterocycles. The Morgan fingerprint density at radius 1 is 1.16 bits per heavy atom. The fourth-order valence-corrected chi connectivity index (χ4v) is 1.82. The predicted octanol–water partition coefficient (Wildman–Crippen LogP) is 1.75. The molecule has 2 aromatic rings. The van der Waals surface area contributed by atoms with Gasteiger partial charge >= 0.3 is 0 Å². The highest BCUT2D eigenvalue weighted by atomic mass is 16.5. The van der Waals surface area contributed by atoms with Gasteiger partial charge in [0.05, 0.1) is 7.11 Å². The van der Waals surface area contributed by atoms with E-state index in [0.29, 0.717) is 18.3 Å². The lowest BCUT2D eigenvalue weighted by Gasteiger charge is -2.02. The average Bonchev–Trinajstić information content (AvgIpc) is 2.91. The number of ether oxygens (including phenoxy) is 1. The molecular weight excluding hydrogens is 242 g/mol. The largest absolute Gasteiger partial charge is 0.497 e. The van der Waals surface area contributed by atoms with Crippen LogP contribution in [0.5, 0.6) is 5.75 Å². The van der Waals surface area contributed by atoms with Crippen LogP contribution in [0.4, 0.5) is 0 Å². The molecule has 5 nitrogen and oxygen atoms in total. The third kappa shape index (κ3) is 4.06. The molecule has 0 fully saturated rings. The van der Waals surface area contributed by atoms with Crippen LogP contribution in [-0.2, 0) is 19.3 Å². The first-order valence-electron chi connectivity index (χ1n) is 6.46. The van der Waals surface area contributed by atoms with Crippen LogP contribution < -0.4 is 10.5 Å². The minimum Gasteiger partial charge on any atom is -0.497 e. The van der Waals surface area contributed by atoms with Crippen molar-refractivity contribution in [1.82, 2.24) is 10.2 Å². The molecule has 0 aliphatic heterocycles. The number of nitrogens with zero attached hydrogens (tertiary/aromatic N) is 2. The summed E-state index contributed by atoms with van der Waals surface area (Å²) in [6, 6.07) is 8.00. The van der Waals surface area contributed by atoms with E-state index in [9.17, 15) is 0 Å². The van der Waals surface area contributed by atoms with Gasteiger partial charge in [-0.3, -0.25) is 0 Å². The standard InChI is InChI=1S/C14H19N3O2/c1-18-12-5-2-4-11(10-12)7-8-14-17-16-13(19-14)6-3-9-15/h2,4-5,10H,3,6-9,15H2,1H3. The number of aromatic nitrogens is 2. The van der Waals surface area contributed by atoms with Crippen molar-refractivity contribution >= 4 is 0 Å². The number of methoxy groups -OCH3 is 1. The molecule has 2 N–H and O–H groups in total. The highest BCUT2D eigenvalue weighted by Gasteiger charge is 2.06. The number of hydrogen-bond donors (Lipinski definition) is 1. The molecule has 1 aromatic carbocycles. The zero-order chi connectivity index (χ0) is 13.5. The van der Waals surface area contributed by atoms with Gasteiger partial charge in [-0.15, -0.1) is 10.2 Å². The van der Waals surface area contributed by atoms with Crippen molar-refractivity contribution in [3.05, 3.63) is 41.6 Å². The second kappa shape index (κ2) is 6.89. The summed E-state index contributed by atoms with van der Waals surface area (Å²) < 4.78 is 10.7. The normalized spacial score (nSPS) is 10.6. The van der Waals surface area contributed by atoms with Gasteiger partial charge in [0.2, 0.25) is 11.8 Å². The first-order valence-corrected chi connectivity index (χ1v) is 6.46. The number of rotatable bonds is 7. The molecule has 0 unspecified atom stereocenters. The topological polar surface area (TPSA) is 74.2 Å². The van der Waals surface area contributed by atoms with Crippen LogP contribution in [0.15, 0.2) is 28.7 Å². The van der Waals surface area contributed by atoms with Gasteiger partial charge in [0, 0.05) is 12.8 Å². The van der Waals surface area contributed by atoms with Gasteiger partial charge in [-0.25, -0.2) is 0 Å². The molecule has 0 radical (unpaired) electrons. The van der Waals surface area contributed by atoms with E-state index in [-0.39, 0.29) is 0 Å². The highest BCUT2D eigenvalue weighted by Crippen LogP contribution is 2.14. The first kappa shape index (κ1) is 13.5. The van der Waals surface area contributed by atoms with E-state index in [1.165, 1.54) is 5.56 Å². The summed E-state index contributed by atoms with van der Waals surface area (Å²) in [4.78, 5) is 0. The Hall–Kier alpha value is -1.88. The summed E-state index contributed by atoms with van der Waals surface area (Å²) in [5, 5.41) is 8.04. The van der Waals surface area contributed by atoms with Crippen LogP contribution in [-0.4, -0.2) is 23.9 Å². The monoisotopic (exact) mass is 261 g/mol. The maximum Gasteiger partial charge on any atom is 0.216 e. The lowest BCUT2D eigenvalue weighted by Crippen LogP contribution is -2.00. The molecule has 19 heavy (non-hydrogen) atoms. The van der Waals surface area contributed by atoms with Crippen molar-refractivity contribution in [1.29, 1.82) is 0 Å². The van der Waals surface area contributed by atoms with Gasteiger partial charge in [0.1, 0.15) is 5.75 Å². The van der Waals surface area contributed by atoms with Gasteiger partial charge in [-0.05, 0) is 37.1 Å². The van der Waals surface area contributed by atoms with E-state index in [1.807, 2.05) is 18.2 Å². The third-order valence-electron chi connectivity index (χ3n) is 2.87. The van der Waals surface area contributed by atoms with Gasteiger partial charge in [-0.2, -0.15) is 0 Å². The van der Waals surface area contributed by atoms with E-state index in [1.54, 1.807) is 7.11 Å². The molecule has 0 bridgehead atoms. The second-order valence-electron chi connectivity index (χ2n) is 4.33. The number of nitrogens with two attached hydrogens (primary N) is 1. The molecule has 1 aromatic heterocycles. The Morgan fingerprint density at radius 3 is 2.68 bits per heavy atom. The summed E-state index contributed by atoms with van der Waals surface area (Å²) in [6.07, 6.45) is 3.22. The van der Waals surface area contributed by atoms with Gasteiger partial charge in [0.15, 0.2) is 0 Å². The van der Waals surface area contributed by atoms with Crippen molar-refractivity contribution in [2.24, 2.45) is 5.73 Å². The van der Waals surface area contributed by atoms with Crippen LogP contribution in [0.1, 0.15) is 23.8 Å². The van der Waals surface area contributed by atoms with Crippen LogP contribution in [0.2, 0.25) is 0 Å². The number of benzene rings is 1. The lowest BCUT2D eigenvalue weighted by atomic mass is 10.1. The van der Waals surface area contributed by atoms with Crippen molar-refractivity contribution < 1.29 is 9.15 Å². The van der Waals surface area contributed by atoms with Crippen molar-refractivity contribution in [3.63, 3.8) is 0 Å². The van der Waals surface area contributed by atoms with Crippen LogP contribution in [0.25, 0.3) is 0 Å². The molecule has 0 aliphatic carbocycles. The molecule has 0 atom stereocenters. The molecule has 5 heteroatoms. The molecule has 2 rings (SSSR count). The van der Waals surface area contributed by atoms with Crippen molar-refractivity contribution in [3.8, 4) is 5.75 Å². The fraction of sp³-hybridized carbons (Fsp3) is 0.429. The lowest BCUT2D eigenvalue weighted by molar-refractivity contribution is 0.414. The maximum absolute atomic E-state index is 5.55. The Bertz CT molecular complexity index is 511. The second-order valence-corrected chi connectivity index (χ2v) is 4.33. The minimum absolute atomic E-state index is 0.640. The molecule has 0 saturated carbocycles. The summed E-state index contributed by atoms with van der Waals surface area (Å²) in [7, 11) is 1.67. The van der Waals surface area contributed by atoms with Gasteiger partial charge in [-0.1, -0.05) is 12.1 Å². The maximum atomic E-state index is 5.55. The molecule has 0 aliphatic rings. The van der Waals surface area contributed by atoms with Crippen LogP contribution in [0, 0.1) is 0 Å². The average molecular weight is 261 g/mol. The molecule has 0 spiro atoms. The highest BCUT2D eigenvalue weighted by molar-refractivity contribution is 5.28. The fourth-order valence-electron chi connectivity index (χ4n) is 1.82. The first-order chi connectivity index (χ1) is 9.31. The molecule has 0 amide bonds. The Kier molecular flexibility index (Phi) is 4.92. The van der Waals surface area contributed by atoms with E-state index >= 15 is 0 Å². The molecule has 0 saturated heterocycles. The Balaban J connectivity index is 1.89. The third-order valence-corrected chi connectivity index (χ3v) is 2.87. The van der Waals surface area contributed by atoms with E-state index in [2.05, 4.69) is 16.3 Å². The molecule has 102 valence electrons. The predicted molar refractivity (Wildman–Crippen MR) is 72.1 cm³/mol. The summed E-state index contributed by atoms with van der Waals surface area (Å²) in [5.74, 6) is 2.22. The summed E-state index contributed by atoms with van der Waals surface area (Å²) in [5.41, 5.74) is 6.64. The Labute approximate surface area is 112 Å². The smallest absolute Gasteiger partial charge is 0.216 e. The number of hydrogen-bond acceptors (Lipinski definition) is 5. The van der Waals surface area contributed by atoms with Gasteiger partial charge < -0.3 is 14.9 Å². The van der Waals surface area contributed by atoms with Crippen molar-refractivity contribution in [2.75, 3.05) is 13.7 Å². The van der Waals surface area contributed by atoms with Crippen LogP contribution in [0.3, 0.4) is 0 Å². The zero-order valence-electron chi connectivity index (χ0n) is 11.1. The number of aryl methyl sites for hydroxylation is 3. The van der Waals surface area contributed by atoms with Crippen LogP contribution >= 0.6 is 0 Å². The summed E-state index contributed by atoms with van der Waals surface area (Å²) >= 11 is 0. The van der Waals surface area contributed by atoms with E-state index in [4.69, 9.17) is 14.9 Å².